The number of rotatable bonds is 2. The third-order valence-electron chi connectivity index (χ3n) is 6.20. The summed E-state index contributed by atoms with van der Waals surface area (Å²) in [5.41, 5.74) is -1.13. The van der Waals surface area contributed by atoms with Crippen molar-refractivity contribution in [2.75, 3.05) is 26.5 Å². The normalized spacial score (nSPS) is 28.2. The zero-order chi connectivity index (χ0) is 19.9. The first kappa shape index (κ1) is 19.0. The van der Waals surface area contributed by atoms with Crippen LogP contribution in [-0.2, 0) is 9.53 Å². The van der Waals surface area contributed by atoms with Gasteiger partial charge in [0.25, 0.3) is 5.91 Å². The molecule has 8 heteroatoms. The van der Waals surface area contributed by atoms with Crippen LogP contribution in [0.25, 0.3) is 0 Å². The lowest BCUT2D eigenvalue weighted by molar-refractivity contribution is -0.205. The molecule has 152 valence electrons. The molecule has 8 nitrogen and oxygen atoms in total. The van der Waals surface area contributed by atoms with E-state index < -0.39 is 17.2 Å². The molecular weight excluding hydrogens is 364 g/mol. The largest absolute Gasteiger partial charge is 0.454 e. The minimum absolute atomic E-state index is 0.0269. The topological polar surface area (TPSA) is 97.3 Å². The van der Waals surface area contributed by atoms with Gasteiger partial charge in [-0.3, -0.25) is 9.59 Å². The first-order valence-electron chi connectivity index (χ1n) is 9.63. The summed E-state index contributed by atoms with van der Waals surface area (Å²) in [6.07, 6.45) is 0.718. The van der Waals surface area contributed by atoms with Crippen LogP contribution in [0.3, 0.4) is 0 Å². The Morgan fingerprint density at radius 1 is 1.18 bits per heavy atom. The Kier molecular flexibility index (Phi) is 4.71. The van der Waals surface area contributed by atoms with Crippen LogP contribution in [-0.4, -0.2) is 65.6 Å². The minimum atomic E-state index is -0.874. The maximum absolute atomic E-state index is 12.9. The fraction of sp³-hybridized carbons (Fsp3) is 0.600. The number of fused-ring (bicyclic) bond motifs is 1. The molecule has 3 heterocycles. The monoisotopic (exact) mass is 390 g/mol. The number of likely N-dealkylation sites (tertiary alicyclic amines) is 1. The molecule has 1 aromatic carbocycles. The van der Waals surface area contributed by atoms with E-state index in [0.29, 0.717) is 56.0 Å². The van der Waals surface area contributed by atoms with E-state index in [-0.39, 0.29) is 18.6 Å². The molecule has 28 heavy (non-hydrogen) atoms. The van der Waals surface area contributed by atoms with Gasteiger partial charge in [-0.2, -0.15) is 0 Å². The number of carbonyl (C=O) groups excluding carboxylic acids is 2. The first-order chi connectivity index (χ1) is 13.3. The fourth-order valence-corrected chi connectivity index (χ4v) is 4.38. The van der Waals surface area contributed by atoms with E-state index >= 15 is 0 Å². The smallest absolute Gasteiger partial charge is 0.251 e. The van der Waals surface area contributed by atoms with Gasteiger partial charge in [-0.05, 0) is 44.4 Å². The molecule has 2 N–H and O–H groups in total. The van der Waals surface area contributed by atoms with Crippen LogP contribution in [0, 0.1) is 0 Å². The lowest BCUT2D eigenvalue weighted by Crippen LogP contribution is -2.69. The van der Waals surface area contributed by atoms with Crippen LogP contribution in [0.2, 0.25) is 0 Å². The highest BCUT2D eigenvalue weighted by Gasteiger charge is 2.54. The molecule has 0 saturated carbocycles. The van der Waals surface area contributed by atoms with E-state index in [0.717, 1.165) is 0 Å². The van der Waals surface area contributed by atoms with E-state index in [1.807, 2.05) is 6.92 Å². The van der Waals surface area contributed by atoms with Gasteiger partial charge in [0.2, 0.25) is 12.7 Å². The fourth-order valence-electron chi connectivity index (χ4n) is 4.38. The van der Waals surface area contributed by atoms with Crippen molar-refractivity contribution in [2.24, 2.45) is 0 Å². The zero-order valence-electron chi connectivity index (χ0n) is 16.2. The van der Waals surface area contributed by atoms with Gasteiger partial charge < -0.3 is 29.5 Å². The number of piperidine rings is 1. The number of aliphatic hydroxyl groups excluding tert-OH is 1. The number of hydrogen-bond donors (Lipinski definition) is 2. The van der Waals surface area contributed by atoms with Crippen molar-refractivity contribution in [3.63, 3.8) is 0 Å². The van der Waals surface area contributed by atoms with Crippen molar-refractivity contribution in [1.29, 1.82) is 0 Å². The number of amides is 2. The maximum Gasteiger partial charge on any atom is 0.251 e. The van der Waals surface area contributed by atoms with Crippen molar-refractivity contribution in [2.45, 2.75) is 50.4 Å². The molecule has 1 aromatic rings. The van der Waals surface area contributed by atoms with E-state index in [1.165, 1.54) is 0 Å². The summed E-state index contributed by atoms with van der Waals surface area (Å²) in [5.74, 6) is 0.903. The van der Waals surface area contributed by atoms with Gasteiger partial charge >= 0.3 is 0 Å². The van der Waals surface area contributed by atoms with Gasteiger partial charge in [-0.25, -0.2) is 0 Å². The molecule has 1 spiro atoms. The summed E-state index contributed by atoms with van der Waals surface area (Å²) in [5, 5.41) is 14.2. The summed E-state index contributed by atoms with van der Waals surface area (Å²) in [7, 11) is 0. The van der Waals surface area contributed by atoms with Crippen LogP contribution in [0.4, 0.5) is 0 Å². The Balaban J connectivity index is 1.49. The molecule has 0 aliphatic carbocycles. The van der Waals surface area contributed by atoms with E-state index in [2.05, 4.69) is 5.32 Å². The highest BCUT2D eigenvalue weighted by molar-refractivity contribution is 5.95. The Morgan fingerprint density at radius 3 is 2.61 bits per heavy atom. The number of ether oxygens (including phenoxy) is 3. The summed E-state index contributed by atoms with van der Waals surface area (Å²) >= 11 is 0. The third kappa shape index (κ3) is 3.20. The molecule has 0 bridgehead atoms. The van der Waals surface area contributed by atoms with Crippen molar-refractivity contribution in [3.05, 3.63) is 23.8 Å². The van der Waals surface area contributed by atoms with Gasteiger partial charge in [-0.15, -0.1) is 0 Å². The number of hydrogen-bond acceptors (Lipinski definition) is 6. The Labute approximate surface area is 163 Å². The van der Waals surface area contributed by atoms with Crippen molar-refractivity contribution < 1.29 is 28.9 Å². The van der Waals surface area contributed by atoms with E-state index in [1.54, 1.807) is 30.0 Å². The summed E-state index contributed by atoms with van der Waals surface area (Å²) < 4.78 is 16.6. The van der Waals surface area contributed by atoms with Gasteiger partial charge in [0.15, 0.2) is 11.5 Å². The number of nitrogens with zero attached hydrogens (tertiary/aromatic N) is 1. The SMILES string of the molecule is CC(=O)N1CCC2(CC1)OCC[C@](C)(NC(=O)c1ccc3c(c1)OCO3)[C@H]2O. The Bertz CT molecular complexity index is 789. The van der Waals surface area contributed by atoms with E-state index in [9.17, 15) is 14.7 Å². The van der Waals surface area contributed by atoms with E-state index in [4.69, 9.17) is 14.2 Å². The van der Waals surface area contributed by atoms with Gasteiger partial charge in [0, 0.05) is 32.2 Å². The van der Waals surface area contributed by atoms with Crippen molar-refractivity contribution >= 4 is 11.8 Å². The zero-order valence-corrected chi connectivity index (χ0v) is 16.2. The maximum atomic E-state index is 12.9. The molecule has 4 rings (SSSR count). The lowest BCUT2D eigenvalue weighted by Gasteiger charge is -2.53. The standard InChI is InChI=1S/C20H26N2O6/c1-13(23)22-8-5-20(6-9-22)18(25)19(2,7-10-28-20)21-17(24)14-3-4-15-16(11-14)27-12-26-15/h3-4,11,18,25H,5-10,12H2,1-2H3,(H,21,24)/t18-,19+/m1/s1. The van der Waals surface area contributed by atoms with Gasteiger partial charge in [0.1, 0.15) is 6.10 Å². The van der Waals surface area contributed by atoms with Crippen LogP contribution in [0.15, 0.2) is 18.2 Å². The molecule has 3 aliphatic rings. The predicted octanol–water partition coefficient (Wildman–Crippen LogP) is 1.07. The number of benzene rings is 1. The Hall–Kier alpha value is -2.32. The minimum Gasteiger partial charge on any atom is -0.454 e. The third-order valence-corrected chi connectivity index (χ3v) is 6.20. The second-order valence-corrected chi connectivity index (χ2v) is 8.01. The van der Waals surface area contributed by atoms with Crippen LogP contribution < -0.4 is 14.8 Å². The number of nitrogens with one attached hydrogen (secondary N) is 1. The first-order valence-corrected chi connectivity index (χ1v) is 9.63. The molecular formula is C20H26N2O6. The molecule has 2 saturated heterocycles. The van der Waals surface area contributed by atoms with Crippen LogP contribution in [0.5, 0.6) is 11.5 Å². The molecule has 0 radical (unpaired) electrons. The molecule has 0 aromatic heterocycles. The summed E-state index contributed by atoms with van der Waals surface area (Å²) in [4.78, 5) is 26.2. The summed E-state index contributed by atoms with van der Waals surface area (Å²) in [6.45, 7) is 5.07. The van der Waals surface area contributed by atoms with Crippen LogP contribution in [0.1, 0.15) is 43.5 Å². The highest BCUT2D eigenvalue weighted by atomic mass is 16.7. The lowest BCUT2D eigenvalue weighted by atomic mass is 9.73. The number of carbonyl (C=O) groups is 2. The average molecular weight is 390 g/mol. The van der Waals surface area contributed by atoms with Crippen molar-refractivity contribution in [1.82, 2.24) is 10.2 Å². The second-order valence-electron chi connectivity index (χ2n) is 8.01. The number of aliphatic hydroxyl groups is 1. The molecule has 3 aliphatic heterocycles. The quantitative estimate of drug-likeness (QED) is 0.784. The molecule has 2 amide bonds. The van der Waals surface area contributed by atoms with Gasteiger partial charge in [-0.1, -0.05) is 0 Å². The van der Waals surface area contributed by atoms with Crippen molar-refractivity contribution in [3.8, 4) is 11.5 Å². The Morgan fingerprint density at radius 2 is 1.89 bits per heavy atom. The molecule has 0 unspecified atom stereocenters. The second kappa shape index (κ2) is 6.93. The highest BCUT2D eigenvalue weighted by Crippen LogP contribution is 2.40. The van der Waals surface area contributed by atoms with Crippen LogP contribution >= 0.6 is 0 Å². The molecule has 2 fully saturated rings. The van der Waals surface area contributed by atoms with Gasteiger partial charge in [0.05, 0.1) is 11.1 Å². The predicted molar refractivity (Wildman–Crippen MR) is 99.2 cm³/mol. The summed E-state index contributed by atoms with van der Waals surface area (Å²) in [6, 6.07) is 5.03. The average Bonchev–Trinajstić information content (AvgIpc) is 3.14. The molecule has 2 atom stereocenters.